The van der Waals surface area contributed by atoms with Crippen molar-refractivity contribution in [1.29, 1.82) is 0 Å². The smallest absolute Gasteiger partial charge is 0.174 e. The molecule has 1 atom stereocenters. The van der Waals surface area contributed by atoms with Gasteiger partial charge in [0.25, 0.3) is 0 Å². The molecule has 668 valence electrons. The summed E-state index contributed by atoms with van der Waals surface area (Å²) in [4.78, 5) is 44.4. The number of pyridine rings is 10. The number of anilines is 1. The Hall–Kier alpha value is -17.1. The van der Waals surface area contributed by atoms with Crippen LogP contribution in [-0.4, -0.2) is 90.2 Å². The van der Waals surface area contributed by atoms with Crippen molar-refractivity contribution in [3.63, 3.8) is 0 Å². The van der Waals surface area contributed by atoms with Crippen LogP contribution in [0.4, 0.5) is 27.6 Å². The fourth-order valence-electron chi connectivity index (χ4n) is 17.4. The van der Waals surface area contributed by atoms with Gasteiger partial charge in [-0.3, -0.25) is 29.1 Å². The lowest BCUT2D eigenvalue weighted by Crippen LogP contribution is -2.03. The van der Waals surface area contributed by atoms with Crippen LogP contribution >= 0.6 is 27.5 Å². The van der Waals surface area contributed by atoms with Crippen molar-refractivity contribution in [3.05, 3.63) is 435 Å². The van der Waals surface area contributed by atoms with Gasteiger partial charge >= 0.3 is 0 Å². The SMILES string of the molecule is COc1ccc(-c2nc3ccccc3c(-n3ccc4cnccc43)c2F)cc1.CS(=O)c1ccc(-c2nc3ccccc3c(-n3ccc4cnccc43)c2F)cc1.Fc1c(-c2cccc(Cl)c2)nc2ccccc2c1-n1ccc2cnccc21.Fc1c(-c2ccccc2Br)nc2ccccc2c1-n1ccc2cnccc21.Nc1cccc(-c2nc3ccccc3c(-n3ccc4cnccc43)c2F)c1. The summed E-state index contributed by atoms with van der Waals surface area (Å²) >= 11 is 9.64. The maximum Gasteiger partial charge on any atom is 0.174 e. The van der Waals surface area contributed by atoms with E-state index in [1.54, 1.807) is 136 Å². The van der Waals surface area contributed by atoms with Crippen molar-refractivity contribution in [2.75, 3.05) is 19.1 Å². The Morgan fingerprint density at radius 3 is 0.928 bits per heavy atom. The van der Waals surface area contributed by atoms with E-state index in [1.807, 2.05) is 296 Å². The third-order valence-corrected chi connectivity index (χ3v) is 25.8. The summed E-state index contributed by atoms with van der Waals surface area (Å²) in [5.41, 5.74) is 21.7. The first-order valence-corrected chi connectivity index (χ1v) is 46.2. The van der Waals surface area contributed by atoms with Crippen molar-refractivity contribution in [2.45, 2.75) is 4.90 Å². The van der Waals surface area contributed by atoms with Gasteiger partial charge in [0.2, 0.25) is 0 Å². The molecule has 26 heteroatoms. The average molecular weight is 1920 g/mol. The van der Waals surface area contributed by atoms with E-state index in [0.29, 0.717) is 89.0 Å². The van der Waals surface area contributed by atoms with Crippen molar-refractivity contribution < 1.29 is 30.9 Å². The lowest BCUT2D eigenvalue weighted by Gasteiger charge is -2.15. The molecule has 138 heavy (non-hydrogen) atoms. The number of hydrogen-bond acceptors (Lipinski definition) is 13. The van der Waals surface area contributed by atoms with E-state index in [0.717, 1.165) is 114 Å². The van der Waals surface area contributed by atoms with Crippen LogP contribution in [0.1, 0.15) is 0 Å². The second kappa shape index (κ2) is 37.7. The molecule has 0 spiro atoms. The number of para-hydroxylation sites is 5. The molecule has 18 nitrogen and oxygen atoms in total. The highest BCUT2D eigenvalue weighted by atomic mass is 79.9. The van der Waals surface area contributed by atoms with E-state index < -0.39 is 16.6 Å². The molecule has 25 rings (SSSR count). The van der Waals surface area contributed by atoms with Gasteiger partial charge in [0.15, 0.2) is 29.1 Å². The Bertz CT molecular complexity index is 8840. The minimum absolute atomic E-state index is 0.267. The molecule has 0 aliphatic rings. The van der Waals surface area contributed by atoms with Gasteiger partial charge in [-0.25, -0.2) is 46.9 Å². The zero-order valence-corrected chi connectivity index (χ0v) is 76.3. The highest BCUT2D eigenvalue weighted by molar-refractivity contribution is 9.10. The lowest BCUT2D eigenvalue weighted by atomic mass is 10.1. The fraction of sp³-hybridized carbons (Fsp3) is 0.0179. The number of halogens is 7. The predicted octanol–water partition coefficient (Wildman–Crippen LogP) is 27.6. The van der Waals surface area contributed by atoms with Gasteiger partial charge in [-0.1, -0.05) is 173 Å². The third kappa shape index (κ3) is 16.7. The van der Waals surface area contributed by atoms with Crippen LogP contribution in [0.15, 0.2) is 406 Å². The molecule has 15 heterocycles. The van der Waals surface area contributed by atoms with Crippen molar-refractivity contribution in [3.8, 4) is 90.5 Å². The maximum absolute atomic E-state index is 15.9. The van der Waals surface area contributed by atoms with Crippen LogP contribution in [0.25, 0.3) is 194 Å². The Labute approximate surface area is 800 Å². The Morgan fingerprint density at radius 2 is 0.609 bits per heavy atom. The maximum atomic E-state index is 15.9. The van der Waals surface area contributed by atoms with E-state index in [9.17, 15) is 4.21 Å². The van der Waals surface area contributed by atoms with Crippen LogP contribution in [0.5, 0.6) is 5.75 Å². The summed E-state index contributed by atoms with van der Waals surface area (Å²) in [6.45, 7) is 0. The number of methoxy groups -OCH3 is 1. The molecule has 0 radical (unpaired) electrons. The summed E-state index contributed by atoms with van der Waals surface area (Å²) in [6.07, 6.45) is 28.3. The van der Waals surface area contributed by atoms with Crippen molar-refractivity contribution >= 4 is 153 Å². The summed E-state index contributed by atoms with van der Waals surface area (Å²) < 4.78 is 106. The number of ether oxygens (including phenoxy) is 1. The summed E-state index contributed by atoms with van der Waals surface area (Å²) in [7, 11) is 0.515. The van der Waals surface area contributed by atoms with Gasteiger partial charge in [0, 0.05) is 212 Å². The quantitative estimate of drug-likeness (QED) is 0.0894. The second-order valence-corrected chi connectivity index (χ2v) is 34.8. The Balaban J connectivity index is 0.000000103. The summed E-state index contributed by atoms with van der Waals surface area (Å²) in [5.74, 6) is -1.16. The molecular weight excluding hydrogens is 1840 g/mol. The Kier molecular flexibility index (Phi) is 23.9. The predicted molar refractivity (Wildman–Crippen MR) is 545 cm³/mol. The molecule has 0 saturated carbocycles. The van der Waals surface area contributed by atoms with Crippen LogP contribution in [0.2, 0.25) is 5.02 Å². The molecule has 15 aromatic heterocycles. The molecule has 0 saturated heterocycles. The highest BCUT2D eigenvalue weighted by Crippen LogP contribution is 2.43. The molecule has 0 aliphatic carbocycles. The first-order valence-electron chi connectivity index (χ1n) is 43.5. The van der Waals surface area contributed by atoms with Crippen LogP contribution < -0.4 is 10.5 Å². The third-order valence-electron chi connectivity index (χ3n) is 23.9. The highest BCUT2D eigenvalue weighted by Gasteiger charge is 2.27. The fourth-order valence-corrected chi connectivity index (χ4v) is 18.6. The zero-order valence-electron chi connectivity index (χ0n) is 73.2. The zero-order chi connectivity index (χ0) is 94.2. The molecule has 0 aliphatic heterocycles. The second-order valence-electron chi connectivity index (χ2n) is 32.1. The van der Waals surface area contributed by atoms with Gasteiger partial charge in [-0.2, -0.15) is 0 Å². The van der Waals surface area contributed by atoms with Crippen molar-refractivity contribution in [2.24, 2.45) is 0 Å². The topological polar surface area (TPSA) is 206 Å². The number of rotatable bonds is 12. The summed E-state index contributed by atoms with van der Waals surface area (Å²) in [5, 5.41) is 9.03. The van der Waals surface area contributed by atoms with Crippen LogP contribution in [-0.2, 0) is 10.8 Å². The number of nitrogens with two attached hydrogens (primary N) is 1. The minimum Gasteiger partial charge on any atom is -0.497 e. The number of nitrogen functional groups attached to an aromatic ring is 1. The van der Waals surface area contributed by atoms with E-state index in [1.165, 1.54) is 0 Å². The first-order chi connectivity index (χ1) is 67.6. The molecule has 10 aromatic carbocycles. The van der Waals surface area contributed by atoms with Crippen molar-refractivity contribution in [1.82, 2.24) is 72.7 Å². The molecule has 2 N–H and O–H groups in total. The number of hydrogen-bond donors (Lipinski definition) is 1. The van der Waals surface area contributed by atoms with Gasteiger partial charge in [-0.15, -0.1) is 0 Å². The van der Waals surface area contributed by atoms with E-state index in [4.69, 9.17) is 22.1 Å². The van der Waals surface area contributed by atoms with Crippen LogP contribution in [0.3, 0.4) is 0 Å². The Morgan fingerprint density at radius 1 is 0.319 bits per heavy atom. The average Bonchev–Trinajstić information content (AvgIpc) is 1.61. The van der Waals surface area contributed by atoms with Gasteiger partial charge in [0.05, 0.1) is 90.7 Å². The van der Waals surface area contributed by atoms with Crippen LogP contribution in [0, 0.1) is 29.1 Å². The molecule has 0 bridgehead atoms. The van der Waals surface area contributed by atoms with E-state index in [-0.39, 0.29) is 40.4 Å². The molecular formula is C112H73BrClF5N16O2S. The van der Waals surface area contributed by atoms with E-state index in [2.05, 4.69) is 65.8 Å². The molecule has 25 aromatic rings. The van der Waals surface area contributed by atoms with Gasteiger partial charge in [0.1, 0.15) is 34.2 Å². The number of benzene rings is 10. The summed E-state index contributed by atoms with van der Waals surface area (Å²) in [6, 6.07) is 93.0. The molecule has 1 unspecified atom stereocenters. The van der Waals surface area contributed by atoms with E-state index >= 15 is 22.0 Å². The largest absolute Gasteiger partial charge is 0.497 e. The monoisotopic (exact) mass is 1910 g/mol. The van der Waals surface area contributed by atoms with Gasteiger partial charge < -0.3 is 33.3 Å². The first kappa shape index (κ1) is 87.5. The standard InChI is InChI=1S/C23H16FN3OS.C23H16FN3O.C22H13BrFN3.C22H13ClFN3.C22H15FN4/c1-29(28)17-8-6-15(7-9-17)22-21(24)23(18-4-2-3-5-19(18)26-22)27-13-11-16-14-25-12-10-20(16)27;1-28-17-8-6-15(7-9-17)22-21(24)23(18-4-2-3-5-19(18)26-22)27-13-11-16-14-25-12-10-20(16)27;23-17-7-3-1-5-15(17)21-20(24)22(16-6-2-4-8-18(16)26-21)27-12-10-14-13-25-11-9-19(14)27;23-16-5-3-4-14(12-16)21-20(24)22(17-6-1-2-7-18(17)26-21)27-11-9-15-13-25-10-8-19(15)27;23-20-21(14-4-3-5-16(24)12-14)26-18-7-2-1-6-17(18)22(20)27-11-9-15-13-25-10-8-19(15)27/h2-14H,1H3;2-14H,1H3;2*1-13H;1-13H,24H2. The minimum atomic E-state index is -1.09. The number of aromatic nitrogens is 15. The van der Waals surface area contributed by atoms with Gasteiger partial charge in [-0.05, 0) is 158 Å². The molecule has 0 fully saturated rings. The normalized spacial score (nSPS) is 11.5. The lowest BCUT2D eigenvalue weighted by molar-refractivity contribution is 0.415. The molecule has 0 amide bonds. The number of nitrogens with zero attached hydrogens (tertiary/aromatic N) is 15. The number of fused-ring (bicyclic) bond motifs is 10.